The smallest absolute Gasteiger partial charge is 0.138 e. The fraction of sp³-hybridized carbons (Fsp3) is 0.500. The van der Waals surface area contributed by atoms with Crippen LogP contribution in [-0.4, -0.2) is 32.8 Å². The van der Waals surface area contributed by atoms with Crippen molar-refractivity contribution in [1.29, 1.82) is 0 Å². The number of hydrogen-bond acceptors (Lipinski definition) is 4. The van der Waals surface area contributed by atoms with Crippen molar-refractivity contribution in [2.75, 3.05) is 7.05 Å². The van der Waals surface area contributed by atoms with Gasteiger partial charge in [0.05, 0.1) is 0 Å². The summed E-state index contributed by atoms with van der Waals surface area (Å²) in [6, 6.07) is 4.43. The minimum atomic E-state index is 0.351. The van der Waals surface area contributed by atoms with Crippen LogP contribution in [-0.2, 0) is 19.4 Å². The van der Waals surface area contributed by atoms with E-state index in [1.54, 1.807) is 12.5 Å². The van der Waals surface area contributed by atoms with Crippen LogP contribution >= 0.6 is 0 Å². The Balaban J connectivity index is 2.00. The molecular weight excluding hydrogens is 238 g/mol. The number of rotatable bonds is 7. The van der Waals surface area contributed by atoms with Gasteiger partial charge in [0.15, 0.2) is 0 Å². The first kappa shape index (κ1) is 13.7. The number of nitrogens with zero attached hydrogens (tertiary/aromatic N) is 4. The van der Waals surface area contributed by atoms with Crippen LogP contribution in [0.4, 0.5) is 0 Å². The van der Waals surface area contributed by atoms with Gasteiger partial charge in [-0.05, 0) is 31.5 Å². The highest BCUT2D eigenvalue weighted by atomic mass is 15.3. The molecule has 0 saturated heterocycles. The van der Waals surface area contributed by atoms with Gasteiger partial charge in [-0.2, -0.15) is 5.10 Å². The van der Waals surface area contributed by atoms with E-state index in [9.17, 15) is 0 Å². The quantitative estimate of drug-likeness (QED) is 0.818. The molecule has 2 aromatic rings. The van der Waals surface area contributed by atoms with Crippen molar-refractivity contribution in [3.8, 4) is 0 Å². The van der Waals surface area contributed by atoms with Gasteiger partial charge >= 0.3 is 0 Å². The maximum absolute atomic E-state index is 4.36. The van der Waals surface area contributed by atoms with E-state index >= 15 is 0 Å². The molecule has 0 fully saturated rings. The molecule has 1 unspecified atom stereocenters. The molecule has 19 heavy (non-hydrogen) atoms. The normalized spacial score (nSPS) is 12.5. The minimum Gasteiger partial charge on any atom is -0.316 e. The molecule has 2 heterocycles. The van der Waals surface area contributed by atoms with Crippen LogP contribution in [0.3, 0.4) is 0 Å². The molecule has 2 aromatic heterocycles. The Hall–Kier alpha value is -1.75. The molecule has 5 heteroatoms. The molecule has 0 aliphatic carbocycles. The van der Waals surface area contributed by atoms with Crippen molar-refractivity contribution in [2.24, 2.45) is 0 Å². The first-order valence-electron chi connectivity index (χ1n) is 6.76. The molecule has 102 valence electrons. The van der Waals surface area contributed by atoms with Gasteiger partial charge in [0.25, 0.3) is 0 Å². The molecule has 0 aromatic carbocycles. The van der Waals surface area contributed by atoms with Crippen LogP contribution in [0.1, 0.15) is 24.7 Å². The molecule has 0 bridgehead atoms. The minimum absolute atomic E-state index is 0.351. The van der Waals surface area contributed by atoms with E-state index in [4.69, 9.17) is 0 Å². The van der Waals surface area contributed by atoms with E-state index in [0.717, 1.165) is 31.6 Å². The lowest BCUT2D eigenvalue weighted by molar-refractivity contribution is 0.501. The number of nitrogens with one attached hydrogen (secondary N) is 1. The van der Waals surface area contributed by atoms with Gasteiger partial charge in [-0.1, -0.05) is 13.0 Å². The van der Waals surface area contributed by atoms with Crippen LogP contribution in [0, 0.1) is 0 Å². The topological polar surface area (TPSA) is 55.6 Å². The molecule has 0 spiro atoms. The Morgan fingerprint density at radius 1 is 1.37 bits per heavy atom. The highest BCUT2D eigenvalue weighted by Gasteiger charge is 2.12. The standard InChI is InChI=1S/C14H21N5/c1-3-7-19-14(17-11-18-19)9-13(15-2)8-12-5-4-6-16-10-12/h4-6,10-11,13,15H,3,7-9H2,1-2H3. The second kappa shape index (κ2) is 6.99. The summed E-state index contributed by atoms with van der Waals surface area (Å²) in [6.45, 7) is 3.08. The zero-order chi connectivity index (χ0) is 13.5. The van der Waals surface area contributed by atoms with E-state index in [1.807, 2.05) is 24.0 Å². The van der Waals surface area contributed by atoms with E-state index in [0.29, 0.717) is 6.04 Å². The maximum Gasteiger partial charge on any atom is 0.138 e. The van der Waals surface area contributed by atoms with Crippen LogP contribution in [0.15, 0.2) is 30.9 Å². The number of likely N-dealkylation sites (N-methyl/N-ethyl adjacent to an activating group) is 1. The first-order valence-corrected chi connectivity index (χ1v) is 6.76. The Labute approximate surface area is 114 Å². The van der Waals surface area contributed by atoms with Crippen LogP contribution < -0.4 is 5.32 Å². The number of hydrogen-bond donors (Lipinski definition) is 1. The Morgan fingerprint density at radius 3 is 2.95 bits per heavy atom. The monoisotopic (exact) mass is 259 g/mol. The third-order valence-electron chi connectivity index (χ3n) is 3.17. The molecule has 0 saturated carbocycles. The summed E-state index contributed by atoms with van der Waals surface area (Å²) in [6.07, 6.45) is 8.26. The van der Waals surface area contributed by atoms with Gasteiger partial charge in [-0.25, -0.2) is 4.98 Å². The fourth-order valence-electron chi connectivity index (χ4n) is 2.14. The SMILES string of the molecule is CCCn1ncnc1CC(Cc1cccnc1)NC. The highest BCUT2D eigenvalue weighted by molar-refractivity contribution is 5.11. The van der Waals surface area contributed by atoms with Crippen molar-refractivity contribution in [2.45, 2.75) is 38.8 Å². The largest absolute Gasteiger partial charge is 0.316 e. The van der Waals surface area contributed by atoms with Gasteiger partial charge in [0, 0.05) is 31.4 Å². The summed E-state index contributed by atoms with van der Waals surface area (Å²) in [4.78, 5) is 8.52. The average Bonchev–Trinajstić information content (AvgIpc) is 2.87. The number of aromatic nitrogens is 4. The predicted octanol–water partition coefficient (Wildman–Crippen LogP) is 1.46. The highest BCUT2D eigenvalue weighted by Crippen LogP contribution is 2.07. The summed E-state index contributed by atoms with van der Waals surface area (Å²) in [5, 5.41) is 7.62. The van der Waals surface area contributed by atoms with Gasteiger partial charge < -0.3 is 5.32 Å². The van der Waals surface area contributed by atoms with Gasteiger partial charge in [-0.15, -0.1) is 0 Å². The fourth-order valence-corrected chi connectivity index (χ4v) is 2.14. The third kappa shape index (κ3) is 3.86. The lowest BCUT2D eigenvalue weighted by Crippen LogP contribution is -2.31. The van der Waals surface area contributed by atoms with Gasteiger partial charge in [-0.3, -0.25) is 9.67 Å². The average molecular weight is 259 g/mol. The van der Waals surface area contributed by atoms with E-state index in [-0.39, 0.29) is 0 Å². The predicted molar refractivity (Wildman–Crippen MR) is 74.8 cm³/mol. The summed E-state index contributed by atoms with van der Waals surface area (Å²) in [7, 11) is 1.99. The van der Waals surface area contributed by atoms with Crippen LogP contribution in [0.2, 0.25) is 0 Å². The van der Waals surface area contributed by atoms with Crippen molar-refractivity contribution in [3.05, 3.63) is 42.2 Å². The molecule has 0 aliphatic heterocycles. The van der Waals surface area contributed by atoms with Crippen LogP contribution in [0.5, 0.6) is 0 Å². The van der Waals surface area contributed by atoms with Crippen LogP contribution in [0.25, 0.3) is 0 Å². The van der Waals surface area contributed by atoms with Gasteiger partial charge in [0.2, 0.25) is 0 Å². The summed E-state index contributed by atoms with van der Waals surface area (Å²) >= 11 is 0. The lowest BCUT2D eigenvalue weighted by atomic mass is 10.0. The molecule has 5 nitrogen and oxygen atoms in total. The lowest BCUT2D eigenvalue weighted by Gasteiger charge is -2.16. The molecule has 2 rings (SSSR count). The molecule has 0 radical (unpaired) electrons. The molecule has 1 N–H and O–H groups in total. The van der Waals surface area contributed by atoms with Crippen molar-refractivity contribution in [3.63, 3.8) is 0 Å². The number of pyridine rings is 1. The zero-order valence-electron chi connectivity index (χ0n) is 11.6. The summed E-state index contributed by atoms with van der Waals surface area (Å²) < 4.78 is 1.99. The Morgan fingerprint density at radius 2 is 2.26 bits per heavy atom. The van der Waals surface area contributed by atoms with E-state index < -0.39 is 0 Å². The summed E-state index contributed by atoms with van der Waals surface area (Å²) in [5.41, 5.74) is 1.24. The Kier molecular flexibility index (Phi) is 5.03. The molecule has 0 aliphatic rings. The van der Waals surface area contributed by atoms with E-state index in [1.165, 1.54) is 5.56 Å². The second-order valence-electron chi connectivity index (χ2n) is 4.65. The zero-order valence-corrected chi connectivity index (χ0v) is 11.6. The molecule has 1 atom stereocenters. The maximum atomic E-state index is 4.36. The number of aryl methyl sites for hydroxylation is 1. The van der Waals surface area contributed by atoms with E-state index in [2.05, 4.69) is 33.4 Å². The summed E-state index contributed by atoms with van der Waals surface area (Å²) in [5.74, 6) is 1.05. The third-order valence-corrected chi connectivity index (χ3v) is 3.17. The first-order chi connectivity index (χ1) is 9.33. The second-order valence-corrected chi connectivity index (χ2v) is 4.65. The molecule has 0 amide bonds. The van der Waals surface area contributed by atoms with Crippen molar-refractivity contribution >= 4 is 0 Å². The van der Waals surface area contributed by atoms with Crippen molar-refractivity contribution < 1.29 is 0 Å². The molecular formula is C14H21N5. The van der Waals surface area contributed by atoms with Gasteiger partial charge in [0.1, 0.15) is 12.2 Å². The Bertz CT molecular complexity index is 480. The van der Waals surface area contributed by atoms with Crippen molar-refractivity contribution in [1.82, 2.24) is 25.1 Å².